The van der Waals surface area contributed by atoms with Crippen molar-refractivity contribution >= 4 is 17.8 Å². The van der Waals surface area contributed by atoms with E-state index in [0.29, 0.717) is 32.2 Å². The number of aliphatic carboxylic acids is 1. The summed E-state index contributed by atoms with van der Waals surface area (Å²) in [5, 5.41) is 11.9. The topological polar surface area (TPSA) is 119 Å². The van der Waals surface area contributed by atoms with Gasteiger partial charge in [-0.2, -0.15) is 0 Å². The van der Waals surface area contributed by atoms with Gasteiger partial charge in [0.2, 0.25) is 5.91 Å². The smallest absolute Gasteiger partial charge is 0.326 e. The second-order valence-corrected chi connectivity index (χ2v) is 15.1. The van der Waals surface area contributed by atoms with E-state index >= 15 is 0 Å². The third kappa shape index (κ3) is 37.7. The van der Waals surface area contributed by atoms with Crippen LogP contribution in [0.3, 0.4) is 0 Å². The van der Waals surface area contributed by atoms with Crippen LogP contribution in [0.2, 0.25) is 0 Å². The van der Waals surface area contributed by atoms with Crippen molar-refractivity contribution < 1.29 is 24.2 Å². The Kier molecular flexibility index (Phi) is 38.9. The third-order valence-corrected chi connectivity index (χ3v) is 9.94. The number of hydrogen-bond acceptors (Lipinski definition) is 5. The molecule has 0 saturated carbocycles. The molecule has 1 amide bonds. The van der Waals surface area contributed by atoms with Crippen molar-refractivity contribution in [2.24, 2.45) is 5.73 Å². The van der Waals surface area contributed by atoms with Gasteiger partial charge in [-0.25, -0.2) is 4.79 Å². The molecule has 0 aromatic rings. The summed E-state index contributed by atoms with van der Waals surface area (Å²) in [7, 11) is 0. The van der Waals surface area contributed by atoms with Gasteiger partial charge in [-0.3, -0.25) is 9.59 Å². The van der Waals surface area contributed by atoms with Crippen molar-refractivity contribution in [1.82, 2.24) is 5.32 Å². The molecule has 0 spiro atoms. The Morgan fingerprint density at radius 2 is 1.04 bits per heavy atom. The van der Waals surface area contributed by atoms with E-state index in [1.807, 2.05) is 0 Å². The molecule has 0 aliphatic carbocycles. The van der Waals surface area contributed by atoms with E-state index < -0.39 is 12.0 Å². The fourth-order valence-corrected chi connectivity index (χ4v) is 6.55. The number of hydrogen-bond donors (Lipinski definition) is 3. The highest BCUT2D eigenvalue weighted by atomic mass is 16.5. The van der Waals surface area contributed by atoms with Gasteiger partial charge in [0.15, 0.2) is 0 Å². The molecule has 0 heterocycles. The summed E-state index contributed by atoms with van der Waals surface area (Å²) in [6.45, 7) is 4.91. The molecule has 2 unspecified atom stereocenters. The Morgan fingerprint density at radius 1 is 0.566 bits per heavy atom. The molecule has 0 fully saturated rings. The molecule has 0 radical (unpaired) electrons. The first-order valence-corrected chi connectivity index (χ1v) is 22.3. The standard InChI is InChI=1S/C46H84N2O5/c1-3-5-7-9-11-13-15-16-17-18-19-21-23-25-30-34-40-45(50)53-42(36-31-27-24-22-20-14-12-10-8-6-4-2)37-32-28-26-29-33-39-44(49)48-43(46(51)52)38-35-41-47/h12,14,22,24,31,36,42-43H,3-11,13,15-21,23,25-30,32-35,37-41,47H2,1-2H3,(H,48,49)(H,51,52)/b14-12-,24-22-,36-31-. The monoisotopic (exact) mass is 745 g/mol. The van der Waals surface area contributed by atoms with Crippen LogP contribution in [-0.2, 0) is 19.1 Å². The van der Waals surface area contributed by atoms with Gasteiger partial charge >= 0.3 is 11.9 Å². The maximum Gasteiger partial charge on any atom is 0.326 e. The Morgan fingerprint density at radius 3 is 1.58 bits per heavy atom. The number of nitrogens with two attached hydrogens (primary N) is 1. The summed E-state index contributed by atoms with van der Waals surface area (Å²) < 4.78 is 5.94. The number of unbranched alkanes of at least 4 members (excludes halogenated alkanes) is 22. The van der Waals surface area contributed by atoms with Crippen LogP contribution >= 0.6 is 0 Å². The fourth-order valence-electron chi connectivity index (χ4n) is 6.55. The molecule has 0 aromatic carbocycles. The number of carboxylic acids is 1. The quantitative estimate of drug-likeness (QED) is 0.0326. The molecule has 53 heavy (non-hydrogen) atoms. The van der Waals surface area contributed by atoms with E-state index in [1.165, 1.54) is 109 Å². The van der Waals surface area contributed by atoms with E-state index in [2.05, 4.69) is 55.6 Å². The van der Waals surface area contributed by atoms with Crippen LogP contribution in [0.15, 0.2) is 36.5 Å². The molecule has 2 atom stereocenters. The van der Waals surface area contributed by atoms with Gasteiger partial charge in [0.05, 0.1) is 0 Å². The highest BCUT2D eigenvalue weighted by molar-refractivity contribution is 5.83. The molecule has 0 rings (SSSR count). The summed E-state index contributed by atoms with van der Waals surface area (Å²) in [6, 6.07) is -0.865. The lowest BCUT2D eigenvalue weighted by Gasteiger charge is -2.15. The summed E-state index contributed by atoms with van der Waals surface area (Å²) in [5.41, 5.74) is 5.48. The fraction of sp³-hybridized carbons (Fsp3) is 0.804. The van der Waals surface area contributed by atoms with Crippen LogP contribution in [-0.4, -0.2) is 41.6 Å². The van der Waals surface area contributed by atoms with Crippen molar-refractivity contribution in [3.05, 3.63) is 36.5 Å². The molecular weight excluding hydrogens is 661 g/mol. The number of rotatable bonds is 40. The van der Waals surface area contributed by atoms with E-state index in [-0.39, 0.29) is 18.0 Å². The lowest BCUT2D eigenvalue weighted by molar-refractivity contribution is -0.147. The molecule has 7 heteroatoms. The summed E-state index contributed by atoms with van der Waals surface area (Å²) in [4.78, 5) is 36.3. The number of ether oxygens (including phenoxy) is 1. The lowest BCUT2D eigenvalue weighted by atomic mass is 10.0. The zero-order valence-electron chi connectivity index (χ0n) is 34.6. The number of esters is 1. The second-order valence-electron chi connectivity index (χ2n) is 15.1. The van der Waals surface area contributed by atoms with Crippen molar-refractivity contribution in [2.45, 2.75) is 231 Å². The zero-order valence-corrected chi connectivity index (χ0v) is 34.6. The molecule has 4 N–H and O–H groups in total. The SMILES string of the molecule is CCCCC/C=C\C/C=C\C/C=C\C(CCCCCCCC(=O)NC(CCCN)C(=O)O)OC(=O)CCCCCCCCCCCCCCCCCC. The number of nitrogens with one attached hydrogen (secondary N) is 1. The number of allylic oxidation sites excluding steroid dienone is 5. The highest BCUT2D eigenvalue weighted by Gasteiger charge is 2.18. The molecule has 7 nitrogen and oxygen atoms in total. The minimum atomic E-state index is -1.01. The summed E-state index contributed by atoms with van der Waals surface area (Å²) >= 11 is 0. The minimum absolute atomic E-state index is 0.0918. The number of carbonyl (C=O) groups excluding carboxylic acids is 2. The highest BCUT2D eigenvalue weighted by Crippen LogP contribution is 2.16. The second kappa shape index (κ2) is 40.8. The van der Waals surface area contributed by atoms with Crippen molar-refractivity contribution in [2.75, 3.05) is 6.54 Å². The largest absolute Gasteiger partial charge is 0.480 e. The first-order valence-electron chi connectivity index (χ1n) is 22.3. The van der Waals surface area contributed by atoms with Crippen LogP contribution in [0.1, 0.15) is 219 Å². The number of carbonyl (C=O) groups is 3. The van der Waals surface area contributed by atoms with E-state index in [0.717, 1.165) is 70.6 Å². The molecule has 308 valence electrons. The Balaban J connectivity index is 4.36. The third-order valence-electron chi connectivity index (χ3n) is 9.94. The summed E-state index contributed by atoms with van der Waals surface area (Å²) in [5.74, 6) is -1.32. The average molecular weight is 745 g/mol. The van der Waals surface area contributed by atoms with E-state index in [4.69, 9.17) is 10.5 Å². The van der Waals surface area contributed by atoms with Gasteiger partial charge in [0, 0.05) is 12.8 Å². The van der Waals surface area contributed by atoms with Gasteiger partial charge in [-0.15, -0.1) is 0 Å². The number of carboxylic acid groups (broad SMARTS) is 1. The van der Waals surface area contributed by atoms with Crippen molar-refractivity contribution in [3.63, 3.8) is 0 Å². The Hall–Kier alpha value is -2.41. The van der Waals surface area contributed by atoms with Crippen LogP contribution in [0.25, 0.3) is 0 Å². The first kappa shape index (κ1) is 50.6. The van der Waals surface area contributed by atoms with Crippen LogP contribution in [0, 0.1) is 0 Å². The van der Waals surface area contributed by atoms with E-state index in [1.54, 1.807) is 0 Å². The van der Waals surface area contributed by atoms with Gasteiger partial charge in [0.25, 0.3) is 0 Å². The minimum Gasteiger partial charge on any atom is -0.480 e. The van der Waals surface area contributed by atoms with Crippen LogP contribution in [0.5, 0.6) is 0 Å². The van der Waals surface area contributed by atoms with Crippen molar-refractivity contribution in [3.8, 4) is 0 Å². The van der Waals surface area contributed by atoms with Gasteiger partial charge in [-0.1, -0.05) is 173 Å². The molecular formula is C46H84N2O5. The first-order chi connectivity index (χ1) is 25.9. The number of amides is 1. The summed E-state index contributed by atoms with van der Waals surface area (Å²) in [6.07, 6.45) is 47.8. The van der Waals surface area contributed by atoms with Crippen molar-refractivity contribution in [1.29, 1.82) is 0 Å². The molecule has 0 aliphatic rings. The zero-order chi connectivity index (χ0) is 38.9. The molecule has 0 aromatic heterocycles. The predicted molar refractivity (Wildman–Crippen MR) is 225 cm³/mol. The average Bonchev–Trinajstić information content (AvgIpc) is 3.14. The Bertz CT molecular complexity index is 931. The van der Waals surface area contributed by atoms with Gasteiger partial charge < -0.3 is 20.9 Å². The predicted octanol–water partition coefficient (Wildman–Crippen LogP) is 12.6. The van der Waals surface area contributed by atoms with E-state index in [9.17, 15) is 19.5 Å². The van der Waals surface area contributed by atoms with Gasteiger partial charge in [0.1, 0.15) is 12.1 Å². The van der Waals surface area contributed by atoms with Gasteiger partial charge in [-0.05, 0) is 76.8 Å². The normalized spacial score (nSPS) is 13.0. The molecule has 0 aliphatic heterocycles. The Labute approximate surface area is 326 Å². The van der Waals surface area contributed by atoms with Crippen LogP contribution < -0.4 is 11.1 Å². The van der Waals surface area contributed by atoms with Crippen LogP contribution in [0.4, 0.5) is 0 Å². The maximum absolute atomic E-state index is 12.8. The lowest BCUT2D eigenvalue weighted by Crippen LogP contribution is -2.40. The molecule has 0 bridgehead atoms. The maximum atomic E-state index is 12.8. The molecule has 0 saturated heterocycles.